The molecular weight excluding hydrogens is 349 g/mol. The van der Waals surface area contributed by atoms with Crippen molar-refractivity contribution >= 4 is 11.2 Å². The van der Waals surface area contributed by atoms with E-state index >= 15 is 0 Å². The third kappa shape index (κ3) is 3.87. The lowest BCUT2D eigenvalue weighted by Crippen LogP contribution is -2.14. The first-order chi connectivity index (χ1) is 12.4. The average molecular weight is 366 g/mol. The van der Waals surface area contributed by atoms with Gasteiger partial charge in [0.1, 0.15) is 29.2 Å². The zero-order chi connectivity index (χ0) is 18.7. The predicted molar refractivity (Wildman–Crippen MR) is 88.3 cm³/mol. The van der Waals surface area contributed by atoms with Crippen LogP contribution in [-0.4, -0.2) is 39.9 Å². The standard InChI is InChI=1S/C17H17F3N4O2/c1-25-12-3-4-14(26-2)11(7-12)8-15-23-13-9-21-10-22-16(13)24(15)6-5-17(18,19)20/h3-4,7,9-10H,5-6,8H2,1-2H3. The first kappa shape index (κ1) is 18.0. The van der Waals surface area contributed by atoms with Gasteiger partial charge >= 0.3 is 6.18 Å². The minimum absolute atomic E-state index is 0.265. The molecule has 0 atom stereocenters. The van der Waals surface area contributed by atoms with Crippen molar-refractivity contribution in [2.75, 3.05) is 14.2 Å². The van der Waals surface area contributed by atoms with E-state index in [4.69, 9.17) is 9.47 Å². The second-order valence-corrected chi connectivity index (χ2v) is 5.63. The highest BCUT2D eigenvalue weighted by atomic mass is 19.4. The molecule has 138 valence electrons. The zero-order valence-electron chi connectivity index (χ0n) is 14.2. The van der Waals surface area contributed by atoms with Crippen LogP contribution < -0.4 is 9.47 Å². The van der Waals surface area contributed by atoms with E-state index in [1.165, 1.54) is 24.2 Å². The lowest BCUT2D eigenvalue weighted by Gasteiger charge is -2.13. The number of rotatable bonds is 6. The van der Waals surface area contributed by atoms with Crippen molar-refractivity contribution in [1.29, 1.82) is 0 Å². The highest BCUT2D eigenvalue weighted by Crippen LogP contribution is 2.28. The molecule has 3 rings (SSSR count). The van der Waals surface area contributed by atoms with Gasteiger partial charge in [-0.3, -0.25) is 0 Å². The van der Waals surface area contributed by atoms with Gasteiger partial charge in [0, 0.05) is 18.5 Å². The number of methoxy groups -OCH3 is 2. The minimum Gasteiger partial charge on any atom is -0.497 e. The Bertz CT molecular complexity index is 909. The van der Waals surface area contributed by atoms with Gasteiger partial charge in [0.15, 0.2) is 5.65 Å². The van der Waals surface area contributed by atoms with Crippen LogP contribution in [0.1, 0.15) is 17.8 Å². The monoisotopic (exact) mass is 366 g/mol. The number of nitrogens with zero attached hydrogens (tertiary/aromatic N) is 4. The summed E-state index contributed by atoms with van der Waals surface area (Å²) in [6.07, 6.45) is -2.18. The number of ether oxygens (including phenoxy) is 2. The molecule has 6 nitrogen and oxygen atoms in total. The molecule has 1 aromatic carbocycles. The number of benzene rings is 1. The first-order valence-corrected chi connectivity index (χ1v) is 7.84. The number of hydrogen-bond acceptors (Lipinski definition) is 5. The van der Waals surface area contributed by atoms with Crippen molar-refractivity contribution in [3.8, 4) is 11.5 Å². The molecule has 0 spiro atoms. The Balaban J connectivity index is 2.02. The number of alkyl halides is 3. The molecule has 0 aliphatic rings. The Labute approximate surface area is 147 Å². The van der Waals surface area contributed by atoms with Crippen molar-refractivity contribution < 1.29 is 22.6 Å². The molecule has 0 bridgehead atoms. The largest absolute Gasteiger partial charge is 0.497 e. The van der Waals surface area contributed by atoms with Gasteiger partial charge in [0.05, 0.1) is 26.8 Å². The van der Waals surface area contributed by atoms with Gasteiger partial charge in [0.2, 0.25) is 0 Å². The lowest BCUT2D eigenvalue weighted by atomic mass is 10.1. The highest BCUT2D eigenvalue weighted by Gasteiger charge is 2.28. The lowest BCUT2D eigenvalue weighted by molar-refractivity contribution is -0.136. The number of aryl methyl sites for hydroxylation is 1. The molecule has 0 saturated heterocycles. The fraction of sp³-hybridized carbons (Fsp3) is 0.353. The third-order valence-corrected chi connectivity index (χ3v) is 3.94. The molecule has 2 heterocycles. The van der Waals surface area contributed by atoms with E-state index in [0.717, 1.165) is 5.56 Å². The Kier molecular flexibility index (Phi) is 4.97. The maximum Gasteiger partial charge on any atom is 0.390 e. The number of imidazole rings is 1. The summed E-state index contributed by atoms with van der Waals surface area (Å²) in [6, 6.07) is 5.27. The van der Waals surface area contributed by atoms with E-state index in [2.05, 4.69) is 15.0 Å². The summed E-state index contributed by atoms with van der Waals surface area (Å²) in [5, 5.41) is 0. The van der Waals surface area contributed by atoms with E-state index in [1.54, 1.807) is 25.3 Å². The van der Waals surface area contributed by atoms with Gasteiger partial charge in [0.25, 0.3) is 0 Å². The van der Waals surface area contributed by atoms with E-state index in [0.29, 0.717) is 28.5 Å². The maximum atomic E-state index is 12.7. The molecule has 3 aromatic rings. The van der Waals surface area contributed by atoms with Crippen molar-refractivity contribution in [3.05, 3.63) is 42.1 Å². The normalized spacial score (nSPS) is 11.7. The molecule has 0 amide bonds. The van der Waals surface area contributed by atoms with Crippen LogP contribution in [0.4, 0.5) is 13.2 Å². The van der Waals surface area contributed by atoms with E-state index in [1.807, 2.05) is 0 Å². The van der Waals surface area contributed by atoms with Crippen LogP contribution in [0.3, 0.4) is 0 Å². The second kappa shape index (κ2) is 7.19. The molecule has 26 heavy (non-hydrogen) atoms. The van der Waals surface area contributed by atoms with Gasteiger partial charge in [-0.25, -0.2) is 15.0 Å². The summed E-state index contributed by atoms with van der Waals surface area (Å²) < 4.78 is 50.2. The highest BCUT2D eigenvalue weighted by molar-refractivity contribution is 5.70. The van der Waals surface area contributed by atoms with Gasteiger partial charge in [-0.1, -0.05) is 0 Å². The Morgan fingerprint density at radius 3 is 2.65 bits per heavy atom. The summed E-state index contributed by atoms with van der Waals surface area (Å²) in [6.45, 7) is -0.265. The van der Waals surface area contributed by atoms with Crippen LogP contribution in [0.2, 0.25) is 0 Å². The van der Waals surface area contributed by atoms with Gasteiger partial charge < -0.3 is 14.0 Å². The number of halogens is 3. The summed E-state index contributed by atoms with van der Waals surface area (Å²) in [7, 11) is 3.07. The van der Waals surface area contributed by atoms with Crippen LogP contribution in [0.15, 0.2) is 30.7 Å². The van der Waals surface area contributed by atoms with Crippen LogP contribution >= 0.6 is 0 Å². The smallest absolute Gasteiger partial charge is 0.390 e. The zero-order valence-corrected chi connectivity index (χ0v) is 14.2. The van der Waals surface area contributed by atoms with E-state index in [9.17, 15) is 13.2 Å². The Hall–Kier alpha value is -2.84. The summed E-state index contributed by atoms with van der Waals surface area (Å²) >= 11 is 0. The van der Waals surface area contributed by atoms with E-state index < -0.39 is 12.6 Å². The molecule has 0 fully saturated rings. The van der Waals surface area contributed by atoms with E-state index in [-0.39, 0.29) is 13.0 Å². The van der Waals surface area contributed by atoms with Crippen LogP contribution in [-0.2, 0) is 13.0 Å². The molecule has 2 aromatic heterocycles. The van der Waals surface area contributed by atoms with Crippen molar-refractivity contribution in [1.82, 2.24) is 19.5 Å². The summed E-state index contributed by atoms with van der Waals surface area (Å²) in [4.78, 5) is 12.4. The molecular formula is C17H17F3N4O2. The summed E-state index contributed by atoms with van der Waals surface area (Å²) in [5.41, 5.74) is 1.58. The third-order valence-electron chi connectivity index (χ3n) is 3.94. The molecule has 0 radical (unpaired) electrons. The molecule has 9 heteroatoms. The first-order valence-electron chi connectivity index (χ1n) is 7.84. The quantitative estimate of drug-likeness (QED) is 0.669. The molecule has 0 unspecified atom stereocenters. The number of hydrogen-bond donors (Lipinski definition) is 0. The summed E-state index contributed by atoms with van der Waals surface area (Å²) in [5.74, 6) is 1.68. The molecule has 0 N–H and O–H groups in total. The number of aromatic nitrogens is 4. The Morgan fingerprint density at radius 1 is 1.15 bits per heavy atom. The molecule has 0 saturated carbocycles. The fourth-order valence-electron chi connectivity index (χ4n) is 2.72. The van der Waals surface area contributed by atoms with Crippen LogP contribution in [0, 0.1) is 0 Å². The van der Waals surface area contributed by atoms with Gasteiger partial charge in [-0.15, -0.1) is 0 Å². The van der Waals surface area contributed by atoms with Crippen LogP contribution in [0.25, 0.3) is 11.2 Å². The minimum atomic E-state index is -4.27. The Morgan fingerprint density at radius 2 is 1.96 bits per heavy atom. The fourth-order valence-corrected chi connectivity index (χ4v) is 2.72. The van der Waals surface area contributed by atoms with Gasteiger partial charge in [-0.05, 0) is 18.2 Å². The predicted octanol–water partition coefficient (Wildman–Crippen LogP) is 3.39. The van der Waals surface area contributed by atoms with Crippen molar-refractivity contribution in [3.63, 3.8) is 0 Å². The average Bonchev–Trinajstić information content (AvgIpc) is 2.96. The van der Waals surface area contributed by atoms with Crippen LogP contribution in [0.5, 0.6) is 11.5 Å². The molecule has 0 aliphatic carbocycles. The van der Waals surface area contributed by atoms with Crippen molar-refractivity contribution in [2.45, 2.75) is 25.6 Å². The van der Waals surface area contributed by atoms with Crippen molar-refractivity contribution in [2.24, 2.45) is 0 Å². The molecule has 0 aliphatic heterocycles. The van der Waals surface area contributed by atoms with Gasteiger partial charge in [-0.2, -0.15) is 13.2 Å². The SMILES string of the molecule is COc1ccc(OC)c(Cc2nc3cncnc3n2CCC(F)(F)F)c1. The topological polar surface area (TPSA) is 62.1 Å². The number of fused-ring (bicyclic) bond motifs is 1. The second-order valence-electron chi connectivity index (χ2n) is 5.63. The maximum absolute atomic E-state index is 12.7.